The van der Waals surface area contributed by atoms with E-state index in [1.54, 1.807) is 6.07 Å². The molecule has 0 saturated carbocycles. The second-order valence-electron chi connectivity index (χ2n) is 3.23. The summed E-state index contributed by atoms with van der Waals surface area (Å²) in [4.78, 5) is 10.1. The summed E-state index contributed by atoms with van der Waals surface area (Å²) in [6.45, 7) is 1.91. The molecular weight excluding hydrogens is 260 g/mol. The van der Waals surface area contributed by atoms with Crippen LogP contribution in [0.15, 0.2) is 22.7 Å². The minimum Gasteiger partial charge on any atom is -0.258 e. The maximum atomic E-state index is 10.5. The van der Waals surface area contributed by atoms with Crippen molar-refractivity contribution < 1.29 is 4.92 Å². The molecule has 0 radical (unpaired) electrons. The molecule has 0 aliphatic rings. The smallest absolute Gasteiger partial charge is 0.258 e. The maximum absolute atomic E-state index is 10.5. The van der Waals surface area contributed by atoms with Gasteiger partial charge in [0.2, 0.25) is 0 Å². The lowest BCUT2D eigenvalue weighted by atomic mass is 9.98. The number of nitrogens with zero attached hydrogens (tertiary/aromatic N) is 2. The quantitative estimate of drug-likeness (QED) is 0.624. The highest BCUT2D eigenvalue weighted by atomic mass is 79.9. The van der Waals surface area contributed by atoms with Crippen molar-refractivity contribution >= 4 is 21.6 Å². The number of nitro groups is 1. The van der Waals surface area contributed by atoms with E-state index >= 15 is 0 Å². The van der Waals surface area contributed by atoms with Crippen molar-refractivity contribution in [1.82, 2.24) is 0 Å². The molecule has 0 aliphatic carbocycles. The summed E-state index contributed by atoms with van der Waals surface area (Å²) >= 11 is 3.27. The van der Waals surface area contributed by atoms with Gasteiger partial charge in [-0.05, 0) is 11.5 Å². The summed E-state index contributed by atoms with van der Waals surface area (Å²) in [7, 11) is 0. The van der Waals surface area contributed by atoms with Gasteiger partial charge in [0.25, 0.3) is 5.69 Å². The SMILES string of the molecule is CC(CC#N)c1ccc([N+](=O)[O-])cc1Br. The Labute approximate surface area is 95.8 Å². The highest BCUT2D eigenvalue weighted by molar-refractivity contribution is 9.10. The predicted octanol–water partition coefficient (Wildman–Crippen LogP) is 3.37. The van der Waals surface area contributed by atoms with Crippen molar-refractivity contribution in [3.05, 3.63) is 38.3 Å². The molecule has 0 aliphatic heterocycles. The van der Waals surface area contributed by atoms with Gasteiger partial charge in [0, 0.05) is 23.0 Å². The third kappa shape index (κ3) is 2.77. The lowest BCUT2D eigenvalue weighted by Crippen LogP contribution is -1.95. The molecule has 1 aromatic rings. The topological polar surface area (TPSA) is 66.9 Å². The minimum absolute atomic E-state index is 0.0507. The zero-order valence-electron chi connectivity index (χ0n) is 8.11. The first-order valence-electron chi connectivity index (χ1n) is 4.37. The highest BCUT2D eigenvalue weighted by Crippen LogP contribution is 2.30. The van der Waals surface area contributed by atoms with Gasteiger partial charge in [-0.25, -0.2) is 0 Å². The normalized spacial score (nSPS) is 11.8. The summed E-state index contributed by atoms with van der Waals surface area (Å²) < 4.78 is 0.680. The van der Waals surface area contributed by atoms with Crippen molar-refractivity contribution in [2.75, 3.05) is 0 Å². The van der Waals surface area contributed by atoms with Gasteiger partial charge in [0.05, 0.1) is 11.0 Å². The van der Waals surface area contributed by atoms with Crippen LogP contribution < -0.4 is 0 Å². The van der Waals surface area contributed by atoms with Crippen LogP contribution >= 0.6 is 15.9 Å². The molecule has 1 unspecified atom stereocenters. The number of rotatable bonds is 3. The number of hydrogen-bond donors (Lipinski definition) is 0. The van der Waals surface area contributed by atoms with Crippen LogP contribution in [-0.4, -0.2) is 4.92 Å². The van der Waals surface area contributed by atoms with E-state index in [-0.39, 0.29) is 11.6 Å². The fraction of sp³-hybridized carbons (Fsp3) is 0.300. The molecular formula is C10H9BrN2O2. The number of benzene rings is 1. The zero-order valence-corrected chi connectivity index (χ0v) is 9.69. The molecule has 78 valence electrons. The van der Waals surface area contributed by atoms with Crippen molar-refractivity contribution in [3.8, 4) is 6.07 Å². The first kappa shape index (κ1) is 11.7. The fourth-order valence-electron chi connectivity index (χ4n) is 1.28. The van der Waals surface area contributed by atoms with E-state index in [4.69, 9.17) is 5.26 Å². The van der Waals surface area contributed by atoms with Crippen LogP contribution in [0.2, 0.25) is 0 Å². The summed E-state index contributed by atoms with van der Waals surface area (Å²) in [5.74, 6) is 0.0742. The minimum atomic E-state index is -0.441. The summed E-state index contributed by atoms with van der Waals surface area (Å²) in [6.07, 6.45) is 0.399. The van der Waals surface area contributed by atoms with Crippen molar-refractivity contribution in [1.29, 1.82) is 5.26 Å². The van der Waals surface area contributed by atoms with E-state index in [9.17, 15) is 10.1 Å². The monoisotopic (exact) mass is 268 g/mol. The molecule has 1 atom stereocenters. The Morgan fingerprint density at radius 1 is 1.67 bits per heavy atom. The number of nitro benzene ring substituents is 1. The van der Waals surface area contributed by atoms with Gasteiger partial charge in [-0.3, -0.25) is 10.1 Å². The number of halogens is 1. The van der Waals surface area contributed by atoms with Gasteiger partial charge < -0.3 is 0 Å². The van der Waals surface area contributed by atoms with Crippen LogP contribution in [0.3, 0.4) is 0 Å². The van der Waals surface area contributed by atoms with Gasteiger partial charge in [-0.15, -0.1) is 0 Å². The average Bonchev–Trinajstić information content (AvgIpc) is 2.17. The van der Waals surface area contributed by atoms with Gasteiger partial charge in [-0.2, -0.15) is 5.26 Å². The second kappa shape index (κ2) is 4.89. The molecule has 4 nitrogen and oxygen atoms in total. The van der Waals surface area contributed by atoms with Gasteiger partial charge in [0.15, 0.2) is 0 Å². The van der Waals surface area contributed by atoms with Crippen LogP contribution in [0.4, 0.5) is 5.69 Å². The first-order valence-corrected chi connectivity index (χ1v) is 5.16. The second-order valence-corrected chi connectivity index (χ2v) is 4.08. The molecule has 15 heavy (non-hydrogen) atoms. The number of nitriles is 1. The Bertz CT molecular complexity index is 426. The van der Waals surface area contributed by atoms with E-state index in [2.05, 4.69) is 22.0 Å². The molecule has 0 bridgehead atoms. The van der Waals surface area contributed by atoms with E-state index < -0.39 is 4.92 Å². The Kier molecular flexibility index (Phi) is 3.81. The fourth-order valence-corrected chi connectivity index (χ4v) is 2.03. The largest absolute Gasteiger partial charge is 0.270 e. The number of hydrogen-bond acceptors (Lipinski definition) is 3. The standard InChI is InChI=1S/C10H9BrN2O2/c1-7(4-5-12)9-3-2-8(13(14)15)6-10(9)11/h2-3,6-7H,4H2,1H3. The van der Waals surface area contributed by atoms with Gasteiger partial charge in [0.1, 0.15) is 0 Å². The molecule has 0 aromatic heterocycles. The molecule has 0 spiro atoms. The third-order valence-electron chi connectivity index (χ3n) is 2.12. The Morgan fingerprint density at radius 2 is 2.33 bits per heavy atom. The third-order valence-corrected chi connectivity index (χ3v) is 2.81. The first-order chi connectivity index (χ1) is 7.06. The average molecular weight is 269 g/mol. The molecule has 0 fully saturated rings. The van der Waals surface area contributed by atoms with Crippen LogP contribution in [0.5, 0.6) is 0 Å². The van der Waals surface area contributed by atoms with Crippen LogP contribution in [0, 0.1) is 21.4 Å². The molecule has 0 N–H and O–H groups in total. The molecule has 5 heteroatoms. The lowest BCUT2D eigenvalue weighted by Gasteiger charge is -2.09. The Morgan fingerprint density at radius 3 is 2.80 bits per heavy atom. The van der Waals surface area contributed by atoms with E-state index in [1.807, 2.05) is 6.92 Å². The van der Waals surface area contributed by atoms with E-state index in [0.29, 0.717) is 10.9 Å². The number of non-ortho nitro benzene ring substituents is 1. The Hall–Kier alpha value is -1.41. The van der Waals surface area contributed by atoms with Crippen LogP contribution in [0.1, 0.15) is 24.8 Å². The highest BCUT2D eigenvalue weighted by Gasteiger charge is 2.13. The van der Waals surface area contributed by atoms with Gasteiger partial charge >= 0.3 is 0 Å². The summed E-state index contributed by atoms with van der Waals surface area (Å²) in [5.41, 5.74) is 0.969. The van der Waals surface area contributed by atoms with Crippen molar-refractivity contribution in [2.45, 2.75) is 19.3 Å². The molecule has 0 heterocycles. The van der Waals surface area contributed by atoms with Gasteiger partial charge in [-0.1, -0.05) is 28.9 Å². The van der Waals surface area contributed by atoms with E-state index in [0.717, 1.165) is 5.56 Å². The van der Waals surface area contributed by atoms with Crippen LogP contribution in [0.25, 0.3) is 0 Å². The van der Waals surface area contributed by atoms with E-state index in [1.165, 1.54) is 12.1 Å². The van der Waals surface area contributed by atoms with Crippen LogP contribution in [-0.2, 0) is 0 Å². The summed E-state index contributed by atoms with van der Waals surface area (Å²) in [6, 6.07) is 6.67. The zero-order chi connectivity index (χ0) is 11.4. The molecule has 0 amide bonds. The lowest BCUT2D eigenvalue weighted by molar-refractivity contribution is -0.384. The molecule has 1 aromatic carbocycles. The maximum Gasteiger partial charge on any atom is 0.270 e. The van der Waals surface area contributed by atoms with Crippen molar-refractivity contribution in [2.24, 2.45) is 0 Å². The van der Waals surface area contributed by atoms with Crippen molar-refractivity contribution in [3.63, 3.8) is 0 Å². The Balaban J connectivity index is 3.03. The predicted molar refractivity (Wildman–Crippen MR) is 59.4 cm³/mol. The summed E-state index contributed by atoms with van der Waals surface area (Å²) in [5, 5.41) is 19.1. The molecule has 1 rings (SSSR count). The molecule has 0 saturated heterocycles.